The van der Waals surface area contributed by atoms with Crippen molar-refractivity contribution in [3.05, 3.63) is 57.0 Å². The van der Waals surface area contributed by atoms with Gasteiger partial charge in [0.05, 0.1) is 5.69 Å². The summed E-state index contributed by atoms with van der Waals surface area (Å²) >= 11 is 0. The van der Waals surface area contributed by atoms with Crippen LogP contribution in [0.15, 0.2) is 29.1 Å². The largest absolute Gasteiger partial charge is 0.342 e. The molecule has 1 aromatic heterocycles. The first kappa shape index (κ1) is 17.3. The standard InChI is InChI=1S/C21H28N4O/c1-15-7-11-25(12-8-15)21-22-19-14-24(10-9-18(19)20(26)23-21)13-17-6-4-3-5-16(17)2/h3-6,15H,7-14H2,1-2H3,(H,22,23,26). The van der Waals surface area contributed by atoms with Gasteiger partial charge < -0.3 is 4.90 Å². The number of piperidine rings is 1. The van der Waals surface area contributed by atoms with E-state index in [9.17, 15) is 4.79 Å². The lowest BCUT2D eigenvalue weighted by Crippen LogP contribution is -2.39. The molecule has 1 N–H and O–H groups in total. The van der Waals surface area contributed by atoms with E-state index in [4.69, 9.17) is 4.98 Å². The van der Waals surface area contributed by atoms with Crippen LogP contribution in [0.25, 0.3) is 0 Å². The maximum atomic E-state index is 12.6. The summed E-state index contributed by atoms with van der Waals surface area (Å²) in [5, 5.41) is 0. The van der Waals surface area contributed by atoms with E-state index in [0.29, 0.717) is 0 Å². The molecule has 2 aliphatic rings. The second-order valence-electron chi connectivity index (χ2n) is 7.87. The fourth-order valence-corrected chi connectivity index (χ4v) is 4.01. The predicted octanol–water partition coefficient (Wildman–Crippen LogP) is 2.87. The molecule has 2 aromatic rings. The summed E-state index contributed by atoms with van der Waals surface area (Å²) < 4.78 is 0. The number of aromatic nitrogens is 2. The number of rotatable bonds is 3. The molecular formula is C21H28N4O. The number of nitrogens with zero attached hydrogens (tertiary/aromatic N) is 3. The Morgan fingerprint density at radius 2 is 1.96 bits per heavy atom. The van der Waals surface area contributed by atoms with Crippen LogP contribution >= 0.6 is 0 Å². The van der Waals surface area contributed by atoms with Crippen molar-refractivity contribution < 1.29 is 0 Å². The fourth-order valence-electron chi connectivity index (χ4n) is 4.01. The van der Waals surface area contributed by atoms with E-state index in [2.05, 4.69) is 52.9 Å². The summed E-state index contributed by atoms with van der Waals surface area (Å²) in [6.45, 7) is 9.00. The molecule has 4 rings (SSSR count). The Labute approximate surface area is 155 Å². The summed E-state index contributed by atoms with van der Waals surface area (Å²) in [4.78, 5) is 25.1. The molecule has 2 aliphatic heterocycles. The summed E-state index contributed by atoms with van der Waals surface area (Å²) in [7, 11) is 0. The van der Waals surface area contributed by atoms with Crippen LogP contribution < -0.4 is 10.5 Å². The second-order valence-corrected chi connectivity index (χ2v) is 7.87. The minimum absolute atomic E-state index is 0.0548. The van der Waals surface area contributed by atoms with Gasteiger partial charge in [0.25, 0.3) is 5.56 Å². The average molecular weight is 352 g/mol. The minimum Gasteiger partial charge on any atom is -0.342 e. The number of nitrogens with one attached hydrogen (secondary N) is 1. The third kappa shape index (κ3) is 3.54. The molecule has 5 heteroatoms. The molecule has 3 heterocycles. The van der Waals surface area contributed by atoms with Crippen LogP contribution in [0.3, 0.4) is 0 Å². The molecule has 1 aromatic carbocycles. The van der Waals surface area contributed by atoms with Crippen molar-refractivity contribution in [1.29, 1.82) is 0 Å². The molecule has 5 nitrogen and oxygen atoms in total. The number of benzene rings is 1. The quantitative estimate of drug-likeness (QED) is 0.923. The normalized spacial score (nSPS) is 18.8. The molecule has 26 heavy (non-hydrogen) atoms. The highest BCUT2D eigenvalue weighted by atomic mass is 16.1. The van der Waals surface area contributed by atoms with Crippen LogP contribution in [0.5, 0.6) is 0 Å². The smallest absolute Gasteiger partial charge is 0.255 e. The lowest BCUT2D eigenvalue weighted by Gasteiger charge is -2.32. The van der Waals surface area contributed by atoms with E-state index in [1.165, 1.54) is 24.0 Å². The van der Waals surface area contributed by atoms with Gasteiger partial charge in [0.1, 0.15) is 0 Å². The molecule has 0 atom stereocenters. The van der Waals surface area contributed by atoms with E-state index in [1.807, 2.05) is 0 Å². The van der Waals surface area contributed by atoms with Gasteiger partial charge >= 0.3 is 0 Å². The molecule has 0 spiro atoms. The highest BCUT2D eigenvalue weighted by Crippen LogP contribution is 2.22. The number of hydrogen-bond acceptors (Lipinski definition) is 4. The van der Waals surface area contributed by atoms with Gasteiger partial charge in [-0.25, -0.2) is 4.98 Å². The Balaban J connectivity index is 1.54. The van der Waals surface area contributed by atoms with Crippen molar-refractivity contribution in [2.24, 2.45) is 5.92 Å². The number of anilines is 1. The average Bonchev–Trinajstić information content (AvgIpc) is 2.64. The van der Waals surface area contributed by atoms with Crippen molar-refractivity contribution >= 4 is 5.95 Å². The van der Waals surface area contributed by atoms with Crippen LogP contribution in [-0.2, 0) is 19.5 Å². The van der Waals surface area contributed by atoms with Crippen LogP contribution in [0.1, 0.15) is 42.1 Å². The van der Waals surface area contributed by atoms with Crippen molar-refractivity contribution in [3.63, 3.8) is 0 Å². The van der Waals surface area contributed by atoms with Gasteiger partial charge in [0.15, 0.2) is 0 Å². The summed E-state index contributed by atoms with van der Waals surface area (Å²) in [5.74, 6) is 1.53. The van der Waals surface area contributed by atoms with Crippen molar-refractivity contribution in [1.82, 2.24) is 14.9 Å². The zero-order valence-electron chi connectivity index (χ0n) is 15.8. The van der Waals surface area contributed by atoms with Gasteiger partial charge in [-0.15, -0.1) is 0 Å². The van der Waals surface area contributed by atoms with Gasteiger partial charge in [-0.3, -0.25) is 14.7 Å². The van der Waals surface area contributed by atoms with Crippen LogP contribution in [0.4, 0.5) is 5.95 Å². The zero-order chi connectivity index (χ0) is 18.1. The molecule has 0 amide bonds. The van der Waals surface area contributed by atoms with E-state index >= 15 is 0 Å². The SMILES string of the molecule is Cc1ccccc1CN1CCc2c(nc(N3CCC(C)CC3)[nH]c2=O)C1. The Morgan fingerprint density at radius 1 is 1.19 bits per heavy atom. The van der Waals surface area contributed by atoms with E-state index < -0.39 is 0 Å². The highest BCUT2D eigenvalue weighted by Gasteiger charge is 2.24. The zero-order valence-corrected chi connectivity index (χ0v) is 15.8. The number of H-pyrrole nitrogens is 1. The van der Waals surface area contributed by atoms with Crippen molar-refractivity contribution in [3.8, 4) is 0 Å². The van der Waals surface area contributed by atoms with Gasteiger partial charge in [0, 0.05) is 38.3 Å². The third-order valence-electron chi connectivity index (χ3n) is 5.88. The van der Waals surface area contributed by atoms with Gasteiger partial charge in [-0.1, -0.05) is 31.2 Å². The van der Waals surface area contributed by atoms with Gasteiger partial charge in [-0.2, -0.15) is 0 Å². The Hall–Kier alpha value is -2.14. The highest BCUT2D eigenvalue weighted by molar-refractivity contribution is 5.35. The first-order valence-electron chi connectivity index (χ1n) is 9.74. The van der Waals surface area contributed by atoms with Crippen molar-refractivity contribution in [2.75, 3.05) is 24.5 Å². The summed E-state index contributed by atoms with van der Waals surface area (Å²) in [5.41, 5.74) is 4.56. The van der Waals surface area contributed by atoms with E-state index in [1.54, 1.807) is 0 Å². The first-order valence-corrected chi connectivity index (χ1v) is 9.74. The van der Waals surface area contributed by atoms with Gasteiger partial charge in [-0.05, 0) is 43.2 Å². The Morgan fingerprint density at radius 3 is 2.73 bits per heavy atom. The maximum absolute atomic E-state index is 12.6. The molecule has 0 unspecified atom stereocenters. The minimum atomic E-state index is 0.0548. The first-order chi connectivity index (χ1) is 12.6. The molecule has 138 valence electrons. The summed E-state index contributed by atoms with van der Waals surface area (Å²) in [6, 6.07) is 8.53. The third-order valence-corrected chi connectivity index (χ3v) is 5.88. The van der Waals surface area contributed by atoms with Crippen LogP contribution in [0.2, 0.25) is 0 Å². The van der Waals surface area contributed by atoms with E-state index in [-0.39, 0.29) is 5.56 Å². The predicted molar refractivity (Wildman–Crippen MR) is 104 cm³/mol. The fraction of sp³-hybridized carbons (Fsp3) is 0.524. The maximum Gasteiger partial charge on any atom is 0.255 e. The molecule has 0 saturated carbocycles. The molecule has 1 fully saturated rings. The topological polar surface area (TPSA) is 52.2 Å². The molecule has 0 aliphatic carbocycles. The Kier molecular flexibility index (Phi) is 4.81. The van der Waals surface area contributed by atoms with E-state index in [0.717, 1.165) is 62.3 Å². The lowest BCUT2D eigenvalue weighted by molar-refractivity contribution is 0.240. The molecule has 1 saturated heterocycles. The molecule has 0 radical (unpaired) electrons. The van der Waals surface area contributed by atoms with Crippen LogP contribution in [-0.4, -0.2) is 34.5 Å². The lowest BCUT2D eigenvalue weighted by atomic mass is 9.99. The number of aromatic amines is 1. The summed E-state index contributed by atoms with van der Waals surface area (Å²) in [6.07, 6.45) is 3.11. The number of hydrogen-bond donors (Lipinski definition) is 1. The van der Waals surface area contributed by atoms with Crippen molar-refractivity contribution in [2.45, 2.75) is 46.2 Å². The van der Waals surface area contributed by atoms with Crippen LogP contribution in [0, 0.1) is 12.8 Å². The number of aryl methyl sites for hydroxylation is 1. The monoisotopic (exact) mass is 352 g/mol. The second kappa shape index (κ2) is 7.23. The van der Waals surface area contributed by atoms with Gasteiger partial charge in [0.2, 0.25) is 5.95 Å². The Bertz CT molecular complexity index is 836. The molecule has 0 bridgehead atoms. The molecular weight excluding hydrogens is 324 g/mol. The number of fused-ring (bicyclic) bond motifs is 1.